The van der Waals surface area contributed by atoms with Crippen molar-refractivity contribution in [3.63, 3.8) is 0 Å². The summed E-state index contributed by atoms with van der Waals surface area (Å²) in [6.07, 6.45) is 4.81. The summed E-state index contributed by atoms with van der Waals surface area (Å²) < 4.78 is 16.1. The third kappa shape index (κ3) is 2.84. The van der Waals surface area contributed by atoms with Gasteiger partial charge in [0.15, 0.2) is 0 Å². The van der Waals surface area contributed by atoms with Crippen LogP contribution in [-0.2, 0) is 6.54 Å². The van der Waals surface area contributed by atoms with Crippen LogP contribution in [0.15, 0.2) is 30.6 Å². The van der Waals surface area contributed by atoms with E-state index in [9.17, 15) is 4.39 Å². The van der Waals surface area contributed by atoms with Crippen molar-refractivity contribution in [3.8, 4) is 0 Å². The highest BCUT2D eigenvalue weighted by atomic mass is 19.1. The first-order chi connectivity index (χ1) is 9.17. The summed E-state index contributed by atoms with van der Waals surface area (Å²) >= 11 is 0. The van der Waals surface area contributed by atoms with Gasteiger partial charge in [-0.25, -0.2) is 4.39 Å². The molecule has 2 aromatic rings. The molecule has 1 atom stereocenters. The average molecular weight is 261 g/mol. The van der Waals surface area contributed by atoms with Crippen LogP contribution in [0.1, 0.15) is 36.1 Å². The molecule has 0 radical (unpaired) electrons. The molecule has 0 amide bonds. The van der Waals surface area contributed by atoms with Gasteiger partial charge in [-0.1, -0.05) is 25.1 Å². The van der Waals surface area contributed by atoms with E-state index in [1.807, 2.05) is 30.1 Å². The summed E-state index contributed by atoms with van der Waals surface area (Å²) in [6.45, 7) is 4.77. The van der Waals surface area contributed by atoms with Crippen molar-refractivity contribution < 1.29 is 4.39 Å². The molecule has 0 saturated carbocycles. The van der Waals surface area contributed by atoms with Gasteiger partial charge < -0.3 is 5.32 Å². The topological polar surface area (TPSA) is 29.9 Å². The van der Waals surface area contributed by atoms with Gasteiger partial charge in [-0.3, -0.25) is 4.68 Å². The summed E-state index contributed by atoms with van der Waals surface area (Å²) in [6, 6.07) is 5.33. The molecule has 1 heterocycles. The number of aromatic nitrogens is 2. The summed E-state index contributed by atoms with van der Waals surface area (Å²) in [5, 5.41) is 7.47. The van der Waals surface area contributed by atoms with Gasteiger partial charge in [-0.2, -0.15) is 5.10 Å². The Bertz CT molecular complexity index is 548. The fraction of sp³-hybridized carbons (Fsp3) is 0.400. The lowest BCUT2D eigenvalue weighted by atomic mass is 9.99. The van der Waals surface area contributed by atoms with Crippen LogP contribution < -0.4 is 5.32 Å². The van der Waals surface area contributed by atoms with Gasteiger partial charge in [-0.15, -0.1) is 0 Å². The third-order valence-corrected chi connectivity index (χ3v) is 3.26. The fourth-order valence-corrected chi connectivity index (χ4v) is 2.27. The van der Waals surface area contributed by atoms with Gasteiger partial charge in [0.25, 0.3) is 0 Å². The van der Waals surface area contributed by atoms with E-state index >= 15 is 0 Å². The van der Waals surface area contributed by atoms with E-state index in [4.69, 9.17) is 0 Å². The van der Waals surface area contributed by atoms with Gasteiger partial charge in [-0.05, 0) is 26.0 Å². The van der Waals surface area contributed by atoms with Crippen LogP contribution >= 0.6 is 0 Å². The summed E-state index contributed by atoms with van der Waals surface area (Å²) in [4.78, 5) is 0. The van der Waals surface area contributed by atoms with E-state index < -0.39 is 0 Å². The Balaban J connectivity index is 2.35. The molecule has 0 aliphatic heterocycles. The Morgan fingerprint density at radius 2 is 2.21 bits per heavy atom. The summed E-state index contributed by atoms with van der Waals surface area (Å²) in [7, 11) is 1.84. The van der Waals surface area contributed by atoms with Crippen molar-refractivity contribution in [3.05, 3.63) is 53.1 Å². The number of hydrogen-bond acceptors (Lipinski definition) is 2. The van der Waals surface area contributed by atoms with E-state index in [-0.39, 0.29) is 11.9 Å². The smallest absolute Gasteiger partial charge is 0.131 e. The number of nitrogens with one attached hydrogen (secondary N) is 1. The van der Waals surface area contributed by atoms with E-state index in [0.29, 0.717) is 11.1 Å². The van der Waals surface area contributed by atoms with E-state index in [1.165, 1.54) is 0 Å². The second-order valence-electron chi connectivity index (χ2n) is 4.74. The normalized spacial score (nSPS) is 12.6. The lowest BCUT2D eigenvalue weighted by molar-refractivity contribution is 0.567. The van der Waals surface area contributed by atoms with Crippen LogP contribution in [0.3, 0.4) is 0 Å². The van der Waals surface area contributed by atoms with Gasteiger partial charge >= 0.3 is 0 Å². The van der Waals surface area contributed by atoms with Crippen molar-refractivity contribution in [2.45, 2.75) is 32.9 Å². The number of nitrogens with zero attached hydrogens (tertiary/aromatic N) is 2. The van der Waals surface area contributed by atoms with E-state index in [0.717, 1.165) is 18.5 Å². The van der Waals surface area contributed by atoms with Gasteiger partial charge in [0.1, 0.15) is 5.82 Å². The van der Waals surface area contributed by atoms with Crippen molar-refractivity contribution >= 4 is 0 Å². The zero-order chi connectivity index (χ0) is 13.8. The molecule has 1 aromatic heterocycles. The molecule has 19 heavy (non-hydrogen) atoms. The Hall–Kier alpha value is -1.68. The molecule has 4 heteroatoms. The predicted molar refractivity (Wildman–Crippen MR) is 74.6 cm³/mol. The van der Waals surface area contributed by atoms with Gasteiger partial charge in [0, 0.05) is 23.9 Å². The number of benzene rings is 1. The molecule has 0 bridgehead atoms. The number of halogens is 1. The highest BCUT2D eigenvalue weighted by Gasteiger charge is 2.18. The van der Waals surface area contributed by atoms with Crippen molar-refractivity contribution in [1.29, 1.82) is 0 Å². The molecule has 0 aliphatic rings. The maximum Gasteiger partial charge on any atom is 0.131 e. The molecule has 2 rings (SSSR count). The number of aryl methyl sites for hydroxylation is 2. The van der Waals surface area contributed by atoms with Gasteiger partial charge in [0.05, 0.1) is 12.2 Å². The SMILES string of the molecule is CCCn1cc(C(NC)c2cccc(C)c2F)cn1. The van der Waals surface area contributed by atoms with Crippen LogP contribution in [0.5, 0.6) is 0 Å². The fourth-order valence-electron chi connectivity index (χ4n) is 2.27. The first-order valence-electron chi connectivity index (χ1n) is 6.62. The van der Waals surface area contributed by atoms with Crippen molar-refractivity contribution in [2.75, 3.05) is 7.05 Å². The maximum absolute atomic E-state index is 14.2. The molecule has 0 fully saturated rings. The molecule has 1 unspecified atom stereocenters. The molecule has 3 nitrogen and oxygen atoms in total. The molecular formula is C15H20FN3. The highest BCUT2D eigenvalue weighted by Crippen LogP contribution is 2.25. The third-order valence-electron chi connectivity index (χ3n) is 3.26. The number of rotatable bonds is 5. The molecule has 0 saturated heterocycles. The molecular weight excluding hydrogens is 241 g/mol. The highest BCUT2D eigenvalue weighted by molar-refractivity contribution is 5.33. The second-order valence-corrected chi connectivity index (χ2v) is 4.74. The minimum atomic E-state index is -0.162. The lowest BCUT2D eigenvalue weighted by Gasteiger charge is -2.16. The molecule has 1 N–H and O–H groups in total. The van der Waals surface area contributed by atoms with E-state index in [1.54, 1.807) is 19.2 Å². The van der Waals surface area contributed by atoms with Crippen LogP contribution in [0, 0.1) is 12.7 Å². The van der Waals surface area contributed by atoms with Crippen LogP contribution in [0.25, 0.3) is 0 Å². The molecule has 0 aliphatic carbocycles. The standard InChI is InChI=1S/C15H20FN3/c1-4-8-19-10-12(9-18-19)15(17-3)13-7-5-6-11(2)14(13)16/h5-7,9-10,15,17H,4,8H2,1-3H3. The Morgan fingerprint density at radius 3 is 2.89 bits per heavy atom. The van der Waals surface area contributed by atoms with Crippen LogP contribution in [0.2, 0.25) is 0 Å². The van der Waals surface area contributed by atoms with Gasteiger partial charge in [0.2, 0.25) is 0 Å². The predicted octanol–water partition coefficient (Wildman–Crippen LogP) is 3.05. The quantitative estimate of drug-likeness (QED) is 0.896. The summed E-state index contributed by atoms with van der Waals surface area (Å²) in [5.41, 5.74) is 2.32. The van der Waals surface area contributed by atoms with E-state index in [2.05, 4.69) is 17.3 Å². The first kappa shape index (κ1) is 13.7. The zero-order valence-electron chi connectivity index (χ0n) is 11.7. The summed E-state index contributed by atoms with van der Waals surface area (Å²) in [5.74, 6) is -0.148. The van der Waals surface area contributed by atoms with Crippen LogP contribution in [0.4, 0.5) is 4.39 Å². The Morgan fingerprint density at radius 1 is 1.42 bits per heavy atom. The van der Waals surface area contributed by atoms with Crippen LogP contribution in [-0.4, -0.2) is 16.8 Å². The lowest BCUT2D eigenvalue weighted by Crippen LogP contribution is -2.19. The van der Waals surface area contributed by atoms with Crippen molar-refractivity contribution in [1.82, 2.24) is 15.1 Å². The minimum Gasteiger partial charge on any atom is -0.309 e. The minimum absolute atomic E-state index is 0.148. The maximum atomic E-state index is 14.2. The zero-order valence-corrected chi connectivity index (χ0v) is 11.7. The van der Waals surface area contributed by atoms with Crippen molar-refractivity contribution in [2.24, 2.45) is 0 Å². The second kappa shape index (κ2) is 5.97. The molecule has 1 aromatic carbocycles. The molecule has 0 spiro atoms. The molecule has 102 valence electrons. The monoisotopic (exact) mass is 261 g/mol. The Kier molecular flexibility index (Phi) is 4.32. The first-order valence-corrected chi connectivity index (χ1v) is 6.62. The number of hydrogen-bond donors (Lipinski definition) is 1. The largest absolute Gasteiger partial charge is 0.309 e. The average Bonchev–Trinajstić information content (AvgIpc) is 2.84. The Labute approximate surface area is 113 Å².